The molecule has 0 spiro atoms. The van der Waals surface area contributed by atoms with E-state index in [0.29, 0.717) is 6.42 Å². The van der Waals surface area contributed by atoms with Gasteiger partial charge in [-0.05, 0) is 36.3 Å². The Morgan fingerprint density at radius 3 is 2.92 bits per heavy atom. The fourth-order valence-corrected chi connectivity index (χ4v) is 4.18. The molecule has 0 unspecified atom stereocenters. The Hall–Kier alpha value is -2.40. The number of fused-ring (bicyclic) bond motifs is 1. The third-order valence-electron chi connectivity index (χ3n) is 4.69. The minimum atomic E-state index is 0.0840. The Bertz CT molecular complexity index is 839. The van der Waals surface area contributed by atoms with Gasteiger partial charge in [0.25, 0.3) is 0 Å². The summed E-state index contributed by atoms with van der Waals surface area (Å²) in [6, 6.07) is 14.5. The average Bonchev–Trinajstić information content (AvgIpc) is 3.27. The molecule has 1 aliphatic rings. The maximum Gasteiger partial charge on any atom is 0.225 e. The van der Waals surface area contributed by atoms with Crippen molar-refractivity contribution in [1.82, 2.24) is 15.1 Å². The normalized spacial score (nSPS) is 16.4. The molecule has 1 N–H and O–H groups in total. The number of hydrogen-bond acceptors (Lipinski definition) is 3. The topological polar surface area (TPSA) is 46.9 Å². The van der Waals surface area contributed by atoms with Crippen LogP contribution in [0.2, 0.25) is 0 Å². The van der Waals surface area contributed by atoms with Gasteiger partial charge in [-0.3, -0.25) is 9.48 Å². The van der Waals surface area contributed by atoms with Crippen LogP contribution in [-0.4, -0.2) is 15.7 Å². The molecule has 128 valence electrons. The summed E-state index contributed by atoms with van der Waals surface area (Å²) >= 11 is 1.63. The van der Waals surface area contributed by atoms with Crippen molar-refractivity contribution in [2.24, 2.45) is 0 Å². The molecular formula is C20H21N3OS. The molecular weight excluding hydrogens is 330 g/mol. The van der Waals surface area contributed by atoms with Crippen LogP contribution in [0.1, 0.15) is 40.6 Å². The van der Waals surface area contributed by atoms with E-state index in [2.05, 4.69) is 39.4 Å². The zero-order valence-electron chi connectivity index (χ0n) is 14.0. The van der Waals surface area contributed by atoms with Gasteiger partial charge in [0.1, 0.15) is 0 Å². The van der Waals surface area contributed by atoms with Crippen molar-refractivity contribution in [3.05, 3.63) is 75.7 Å². The molecule has 5 heteroatoms. The number of carbonyl (C=O) groups is 1. The van der Waals surface area contributed by atoms with E-state index in [-0.39, 0.29) is 11.9 Å². The van der Waals surface area contributed by atoms with Crippen molar-refractivity contribution in [1.29, 1.82) is 0 Å². The fraction of sp³-hybridized carbons (Fsp3) is 0.300. The quantitative estimate of drug-likeness (QED) is 0.761. The first-order valence-electron chi connectivity index (χ1n) is 8.70. The van der Waals surface area contributed by atoms with Crippen molar-refractivity contribution in [2.45, 2.75) is 38.3 Å². The summed E-state index contributed by atoms with van der Waals surface area (Å²) in [5.41, 5.74) is 3.69. The van der Waals surface area contributed by atoms with E-state index in [1.165, 1.54) is 16.8 Å². The molecule has 1 amide bonds. The minimum absolute atomic E-state index is 0.0840. The predicted molar refractivity (Wildman–Crippen MR) is 99.6 cm³/mol. The highest BCUT2D eigenvalue weighted by atomic mass is 32.1. The molecule has 25 heavy (non-hydrogen) atoms. The molecule has 4 nitrogen and oxygen atoms in total. The molecule has 0 fully saturated rings. The minimum Gasteiger partial charge on any atom is -0.349 e. The molecule has 1 atom stereocenters. The van der Waals surface area contributed by atoms with Crippen LogP contribution in [0.3, 0.4) is 0 Å². The lowest BCUT2D eigenvalue weighted by molar-refractivity contribution is -0.121. The lowest BCUT2D eigenvalue weighted by Gasteiger charge is -2.24. The molecule has 4 rings (SSSR count). The molecule has 1 aromatic carbocycles. The van der Waals surface area contributed by atoms with E-state index in [0.717, 1.165) is 30.7 Å². The first-order valence-corrected chi connectivity index (χ1v) is 9.58. The standard InChI is InChI=1S/C20H21N3OS/c24-20(12-16-8-5-11-25-16)22-18-9-4-10-19-17(18)13-21-23(19)14-15-6-2-1-3-7-15/h1-3,5-8,11,13,18H,4,9-10,12,14H2,(H,22,24)/t18-/m1/s1. The molecule has 0 saturated heterocycles. The van der Waals surface area contributed by atoms with Crippen LogP contribution in [-0.2, 0) is 24.2 Å². The Morgan fingerprint density at radius 1 is 1.24 bits per heavy atom. The zero-order chi connectivity index (χ0) is 17.1. The summed E-state index contributed by atoms with van der Waals surface area (Å²) in [6.45, 7) is 0.784. The van der Waals surface area contributed by atoms with E-state index in [4.69, 9.17) is 0 Å². The van der Waals surface area contributed by atoms with Gasteiger partial charge in [-0.2, -0.15) is 5.10 Å². The first kappa shape index (κ1) is 16.1. The second-order valence-electron chi connectivity index (χ2n) is 6.46. The summed E-state index contributed by atoms with van der Waals surface area (Å²) in [5, 5.41) is 9.81. The molecule has 0 saturated carbocycles. The van der Waals surface area contributed by atoms with Crippen LogP contribution in [0.25, 0.3) is 0 Å². The monoisotopic (exact) mass is 351 g/mol. The third kappa shape index (κ3) is 3.66. The Kier molecular flexibility index (Phi) is 4.65. The molecule has 1 aliphatic carbocycles. The largest absolute Gasteiger partial charge is 0.349 e. The number of carbonyl (C=O) groups excluding carboxylic acids is 1. The van der Waals surface area contributed by atoms with Crippen molar-refractivity contribution in [3.8, 4) is 0 Å². The summed E-state index contributed by atoms with van der Waals surface area (Å²) in [4.78, 5) is 13.5. The first-order chi connectivity index (χ1) is 12.3. The Labute approximate surface area is 151 Å². The highest BCUT2D eigenvalue weighted by molar-refractivity contribution is 7.10. The van der Waals surface area contributed by atoms with Crippen LogP contribution >= 0.6 is 11.3 Å². The lowest BCUT2D eigenvalue weighted by Crippen LogP contribution is -2.32. The molecule has 2 aromatic heterocycles. The van der Waals surface area contributed by atoms with E-state index in [1.807, 2.05) is 29.8 Å². The summed E-state index contributed by atoms with van der Waals surface area (Å²) < 4.78 is 2.09. The van der Waals surface area contributed by atoms with Gasteiger partial charge in [-0.1, -0.05) is 36.4 Å². The number of aromatic nitrogens is 2. The SMILES string of the molecule is O=C(Cc1cccs1)N[C@@H]1CCCc2c1cnn2Cc1ccccc1. The molecule has 0 radical (unpaired) electrons. The number of nitrogens with zero attached hydrogens (tertiary/aromatic N) is 2. The van der Waals surface area contributed by atoms with Gasteiger partial charge < -0.3 is 5.32 Å². The number of amides is 1. The maximum atomic E-state index is 12.4. The van der Waals surface area contributed by atoms with Crippen LogP contribution in [0.4, 0.5) is 0 Å². The van der Waals surface area contributed by atoms with Gasteiger partial charge in [-0.25, -0.2) is 0 Å². The Balaban J connectivity index is 1.48. The smallest absolute Gasteiger partial charge is 0.225 e. The third-order valence-corrected chi connectivity index (χ3v) is 5.56. The van der Waals surface area contributed by atoms with Gasteiger partial charge in [-0.15, -0.1) is 11.3 Å². The zero-order valence-corrected chi connectivity index (χ0v) is 14.8. The number of thiophene rings is 1. The second kappa shape index (κ2) is 7.23. The van der Waals surface area contributed by atoms with Crippen LogP contribution in [0, 0.1) is 0 Å². The van der Waals surface area contributed by atoms with E-state index < -0.39 is 0 Å². The number of hydrogen-bond donors (Lipinski definition) is 1. The van der Waals surface area contributed by atoms with E-state index in [9.17, 15) is 4.79 Å². The number of rotatable bonds is 5. The maximum absolute atomic E-state index is 12.4. The molecule has 0 bridgehead atoms. The Morgan fingerprint density at radius 2 is 2.12 bits per heavy atom. The summed E-state index contributed by atoms with van der Waals surface area (Å²) in [7, 11) is 0. The van der Waals surface area contributed by atoms with Crippen LogP contribution in [0.15, 0.2) is 54.0 Å². The number of benzene rings is 1. The molecule has 3 aromatic rings. The lowest BCUT2D eigenvalue weighted by atomic mass is 9.92. The van der Waals surface area contributed by atoms with E-state index >= 15 is 0 Å². The summed E-state index contributed by atoms with van der Waals surface area (Å²) in [5.74, 6) is 0.0936. The number of nitrogens with one attached hydrogen (secondary N) is 1. The second-order valence-corrected chi connectivity index (χ2v) is 7.49. The van der Waals surface area contributed by atoms with Gasteiger partial charge in [0.05, 0.1) is 25.2 Å². The van der Waals surface area contributed by atoms with Crippen LogP contribution < -0.4 is 5.32 Å². The van der Waals surface area contributed by atoms with Crippen molar-refractivity contribution < 1.29 is 4.79 Å². The van der Waals surface area contributed by atoms with Crippen molar-refractivity contribution >= 4 is 17.2 Å². The average molecular weight is 351 g/mol. The highest BCUT2D eigenvalue weighted by Gasteiger charge is 2.25. The van der Waals surface area contributed by atoms with Crippen molar-refractivity contribution in [3.63, 3.8) is 0 Å². The van der Waals surface area contributed by atoms with Crippen molar-refractivity contribution in [2.75, 3.05) is 0 Å². The summed E-state index contributed by atoms with van der Waals surface area (Å²) in [6.07, 6.45) is 5.49. The molecule has 0 aliphatic heterocycles. The van der Waals surface area contributed by atoms with Gasteiger partial charge in [0.15, 0.2) is 0 Å². The predicted octanol–water partition coefficient (Wildman–Crippen LogP) is 3.73. The van der Waals surface area contributed by atoms with Gasteiger partial charge >= 0.3 is 0 Å². The van der Waals surface area contributed by atoms with Gasteiger partial charge in [0, 0.05) is 16.1 Å². The van der Waals surface area contributed by atoms with Crippen LogP contribution in [0.5, 0.6) is 0 Å². The van der Waals surface area contributed by atoms with E-state index in [1.54, 1.807) is 11.3 Å². The fourth-order valence-electron chi connectivity index (χ4n) is 3.48. The highest BCUT2D eigenvalue weighted by Crippen LogP contribution is 2.30. The molecule has 2 heterocycles. The van der Waals surface area contributed by atoms with Gasteiger partial charge in [0.2, 0.25) is 5.91 Å².